The van der Waals surface area contributed by atoms with Gasteiger partial charge in [-0.15, -0.1) is 11.3 Å². The van der Waals surface area contributed by atoms with Gasteiger partial charge in [0.15, 0.2) is 0 Å². The third kappa shape index (κ3) is 3.87. The summed E-state index contributed by atoms with van der Waals surface area (Å²) >= 11 is 1.70. The van der Waals surface area contributed by atoms with Gasteiger partial charge in [0.05, 0.1) is 0 Å². The van der Waals surface area contributed by atoms with Crippen LogP contribution in [0.2, 0.25) is 0 Å². The summed E-state index contributed by atoms with van der Waals surface area (Å²) in [7, 11) is 1.90. The van der Waals surface area contributed by atoms with E-state index in [-0.39, 0.29) is 18.6 Å². The number of nitrogens with two attached hydrogens (primary N) is 1. The van der Waals surface area contributed by atoms with E-state index in [1.807, 2.05) is 23.4 Å². The van der Waals surface area contributed by atoms with Crippen LogP contribution in [0, 0.1) is 11.6 Å². The molecular weight excluding hydrogens is 290 g/mol. The van der Waals surface area contributed by atoms with Gasteiger partial charge in [-0.05, 0) is 50.0 Å². The van der Waals surface area contributed by atoms with Crippen LogP contribution in [0.5, 0.6) is 0 Å². The minimum absolute atomic E-state index is 0.180. The van der Waals surface area contributed by atoms with Gasteiger partial charge in [-0.1, -0.05) is 6.07 Å². The van der Waals surface area contributed by atoms with Crippen LogP contribution in [0.1, 0.15) is 23.4 Å². The van der Waals surface area contributed by atoms with Gasteiger partial charge in [-0.2, -0.15) is 0 Å². The standard InChI is InChI=1S/C16H20F2N2S/c1-11(8-13-4-3-7-21-13)20(2)16(10-19)14-9-12(17)5-6-15(14)18/h3-7,9,11,16H,8,10,19H2,1-2H3. The van der Waals surface area contributed by atoms with Crippen LogP contribution in [-0.2, 0) is 6.42 Å². The van der Waals surface area contributed by atoms with E-state index < -0.39 is 11.6 Å². The lowest BCUT2D eigenvalue weighted by molar-refractivity contribution is 0.184. The second kappa shape index (κ2) is 7.11. The van der Waals surface area contributed by atoms with Crippen molar-refractivity contribution in [1.82, 2.24) is 4.90 Å². The van der Waals surface area contributed by atoms with Crippen molar-refractivity contribution in [2.75, 3.05) is 13.6 Å². The van der Waals surface area contributed by atoms with Crippen molar-refractivity contribution in [3.63, 3.8) is 0 Å². The van der Waals surface area contributed by atoms with Gasteiger partial charge in [-0.3, -0.25) is 4.90 Å². The summed E-state index contributed by atoms with van der Waals surface area (Å²) in [6, 6.07) is 7.46. The third-order valence-electron chi connectivity index (χ3n) is 3.80. The molecule has 0 saturated carbocycles. The molecule has 2 unspecified atom stereocenters. The highest BCUT2D eigenvalue weighted by Crippen LogP contribution is 2.25. The van der Waals surface area contributed by atoms with Crippen LogP contribution in [0.4, 0.5) is 8.78 Å². The van der Waals surface area contributed by atoms with E-state index in [4.69, 9.17) is 5.73 Å². The van der Waals surface area contributed by atoms with Crippen molar-refractivity contribution in [2.24, 2.45) is 5.73 Å². The summed E-state index contributed by atoms with van der Waals surface area (Å²) < 4.78 is 27.4. The predicted molar refractivity (Wildman–Crippen MR) is 83.4 cm³/mol. The lowest BCUT2D eigenvalue weighted by Crippen LogP contribution is -2.38. The fourth-order valence-corrected chi connectivity index (χ4v) is 3.28. The molecule has 0 fully saturated rings. The fourth-order valence-electron chi connectivity index (χ4n) is 2.45. The van der Waals surface area contributed by atoms with Crippen LogP contribution in [0.25, 0.3) is 0 Å². The lowest BCUT2D eigenvalue weighted by Gasteiger charge is -2.33. The Morgan fingerprint density at radius 2 is 2.05 bits per heavy atom. The van der Waals surface area contributed by atoms with Crippen LogP contribution in [0.15, 0.2) is 35.7 Å². The number of halogens is 2. The number of thiophene rings is 1. The van der Waals surface area contributed by atoms with Gasteiger partial charge >= 0.3 is 0 Å². The molecule has 2 rings (SSSR count). The fraction of sp³-hybridized carbons (Fsp3) is 0.375. The van der Waals surface area contributed by atoms with Crippen molar-refractivity contribution >= 4 is 11.3 Å². The third-order valence-corrected chi connectivity index (χ3v) is 4.70. The molecule has 0 amide bonds. The van der Waals surface area contributed by atoms with Gasteiger partial charge in [0.1, 0.15) is 11.6 Å². The second-order valence-electron chi connectivity index (χ2n) is 5.22. The van der Waals surface area contributed by atoms with Crippen molar-refractivity contribution in [3.05, 3.63) is 57.8 Å². The highest BCUT2D eigenvalue weighted by molar-refractivity contribution is 7.09. The summed E-state index contributed by atoms with van der Waals surface area (Å²) in [6.07, 6.45) is 0.863. The number of hydrogen-bond donors (Lipinski definition) is 1. The zero-order valence-corrected chi connectivity index (χ0v) is 13.0. The average molecular weight is 310 g/mol. The maximum Gasteiger partial charge on any atom is 0.128 e. The van der Waals surface area contributed by atoms with Gasteiger partial charge in [-0.25, -0.2) is 8.78 Å². The Hall–Kier alpha value is -1.30. The van der Waals surface area contributed by atoms with Crippen molar-refractivity contribution in [1.29, 1.82) is 0 Å². The summed E-state index contributed by atoms with van der Waals surface area (Å²) in [5, 5.41) is 2.04. The summed E-state index contributed by atoms with van der Waals surface area (Å²) in [6.45, 7) is 2.31. The largest absolute Gasteiger partial charge is 0.329 e. The van der Waals surface area contributed by atoms with Crippen LogP contribution in [0.3, 0.4) is 0 Å². The maximum absolute atomic E-state index is 14.0. The van der Waals surface area contributed by atoms with E-state index in [1.54, 1.807) is 11.3 Å². The molecule has 2 N–H and O–H groups in total. The quantitative estimate of drug-likeness (QED) is 0.883. The molecule has 5 heteroatoms. The van der Waals surface area contributed by atoms with E-state index in [0.717, 1.165) is 18.6 Å². The number of rotatable bonds is 6. The Morgan fingerprint density at radius 1 is 1.29 bits per heavy atom. The van der Waals surface area contributed by atoms with Crippen molar-refractivity contribution < 1.29 is 8.78 Å². The molecule has 1 aromatic heterocycles. The average Bonchev–Trinajstić information content (AvgIpc) is 2.96. The molecule has 0 aliphatic carbocycles. The van der Waals surface area contributed by atoms with Gasteiger partial charge in [0.2, 0.25) is 0 Å². The first-order valence-electron chi connectivity index (χ1n) is 6.92. The molecule has 0 radical (unpaired) electrons. The first-order chi connectivity index (χ1) is 10.0. The highest BCUT2D eigenvalue weighted by atomic mass is 32.1. The zero-order chi connectivity index (χ0) is 15.4. The van der Waals surface area contributed by atoms with Crippen LogP contribution in [-0.4, -0.2) is 24.5 Å². The minimum atomic E-state index is -0.441. The Kier molecular flexibility index (Phi) is 5.45. The van der Waals surface area contributed by atoms with Crippen molar-refractivity contribution in [3.8, 4) is 0 Å². The molecule has 114 valence electrons. The van der Waals surface area contributed by atoms with Gasteiger partial charge in [0, 0.05) is 29.1 Å². The topological polar surface area (TPSA) is 29.3 Å². The molecule has 21 heavy (non-hydrogen) atoms. The Balaban J connectivity index is 2.17. The number of likely N-dealkylation sites (N-methyl/N-ethyl adjacent to an activating group) is 1. The molecular formula is C16H20F2N2S. The Bertz CT molecular complexity index is 572. The minimum Gasteiger partial charge on any atom is -0.329 e. The lowest BCUT2D eigenvalue weighted by atomic mass is 10.0. The summed E-state index contributed by atoms with van der Waals surface area (Å²) in [5.74, 6) is -0.855. The molecule has 2 nitrogen and oxygen atoms in total. The number of nitrogens with zero attached hydrogens (tertiary/aromatic N) is 1. The zero-order valence-electron chi connectivity index (χ0n) is 12.2. The van der Waals surface area contributed by atoms with Crippen LogP contribution >= 0.6 is 11.3 Å². The molecule has 0 aliphatic heterocycles. The van der Waals surface area contributed by atoms with E-state index in [2.05, 4.69) is 13.0 Å². The van der Waals surface area contributed by atoms with Crippen molar-refractivity contribution in [2.45, 2.75) is 25.4 Å². The smallest absolute Gasteiger partial charge is 0.128 e. The molecule has 0 aliphatic rings. The first kappa shape index (κ1) is 16.1. The van der Waals surface area contributed by atoms with Gasteiger partial charge < -0.3 is 5.73 Å². The number of hydrogen-bond acceptors (Lipinski definition) is 3. The van der Waals surface area contributed by atoms with Gasteiger partial charge in [0.25, 0.3) is 0 Å². The normalized spacial score (nSPS) is 14.4. The monoisotopic (exact) mass is 310 g/mol. The second-order valence-corrected chi connectivity index (χ2v) is 6.25. The molecule has 0 bridgehead atoms. The first-order valence-corrected chi connectivity index (χ1v) is 7.80. The SMILES string of the molecule is CC(Cc1cccs1)N(C)C(CN)c1cc(F)ccc1F. The van der Waals surface area contributed by atoms with E-state index >= 15 is 0 Å². The van der Waals surface area contributed by atoms with Crippen LogP contribution < -0.4 is 5.73 Å². The van der Waals surface area contributed by atoms with E-state index in [9.17, 15) is 8.78 Å². The highest BCUT2D eigenvalue weighted by Gasteiger charge is 2.23. The predicted octanol–water partition coefficient (Wildman–Crippen LogP) is 3.59. The molecule has 2 aromatic rings. The molecule has 1 heterocycles. The molecule has 2 atom stereocenters. The molecule has 0 saturated heterocycles. The molecule has 1 aromatic carbocycles. The Labute approximate surface area is 128 Å². The summed E-state index contributed by atoms with van der Waals surface area (Å²) in [5.41, 5.74) is 6.13. The van der Waals surface area contributed by atoms with E-state index in [0.29, 0.717) is 5.56 Å². The number of benzene rings is 1. The summed E-state index contributed by atoms with van der Waals surface area (Å²) in [4.78, 5) is 3.28. The maximum atomic E-state index is 14.0. The Morgan fingerprint density at radius 3 is 2.67 bits per heavy atom. The molecule has 0 spiro atoms. The van der Waals surface area contributed by atoms with E-state index in [1.165, 1.54) is 10.9 Å².